The molecule has 0 spiro atoms. The number of aromatic nitrogens is 1. The molecule has 0 fully saturated rings. The fraction of sp³-hybridized carbons (Fsp3) is 0.217. The van der Waals surface area contributed by atoms with E-state index in [1.54, 1.807) is 13.3 Å². The number of amides is 1. The van der Waals surface area contributed by atoms with Crippen LogP contribution in [0.1, 0.15) is 22.3 Å². The van der Waals surface area contributed by atoms with Crippen molar-refractivity contribution in [3.63, 3.8) is 0 Å². The van der Waals surface area contributed by atoms with E-state index >= 15 is 0 Å². The minimum atomic E-state index is -0.0492. The highest BCUT2D eigenvalue weighted by atomic mass is 16.5. The fourth-order valence-electron chi connectivity index (χ4n) is 3.63. The molecule has 0 radical (unpaired) electrons. The van der Waals surface area contributed by atoms with Crippen LogP contribution in [0.2, 0.25) is 0 Å². The van der Waals surface area contributed by atoms with Gasteiger partial charge in [0.05, 0.1) is 18.4 Å². The molecule has 0 aliphatic carbocycles. The van der Waals surface area contributed by atoms with Gasteiger partial charge in [-0.2, -0.15) is 0 Å². The van der Waals surface area contributed by atoms with Crippen LogP contribution in [0.15, 0.2) is 66.9 Å². The molecule has 5 nitrogen and oxygen atoms in total. The van der Waals surface area contributed by atoms with Gasteiger partial charge in [-0.3, -0.25) is 4.79 Å². The normalized spacial score (nSPS) is 13.0. The maximum atomic E-state index is 13.2. The minimum Gasteiger partial charge on any atom is -0.495 e. The van der Waals surface area contributed by atoms with Gasteiger partial charge < -0.3 is 14.5 Å². The van der Waals surface area contributed by atoms with Crippen LogP contribution in [0.25, 0.3) is 0 Å². The SMILES string of the molecule is COc1cccc2c1N(C(=O)c1ccc(N(C)c3ccccc3)nc1)CCC2. The number of para-hydroxylation sites is 2. The molecular weight excluding hydrogens is 350 g/mol. The van der Waals surface area contributed by atoms with Gasteiger partial charge in [-0.05, 0) is 48.7 Å². The molecule has 142 valence electrons. The molecule has 0 saturated carbocycles. The number of carbonyl (C=O) groups is 1. The van der Waals surface area contributed by atoms with Gasteiger partial charge in [0.15, 0.2) is 0 Å². The highest BCUT2D eigenvalue weighted by Gasteiger charge is 2.27. The first-order valence-electron chi connectivity index (χ1n) is 9.41. The number of nitrogens with zero attached hydrogens (tertiary/aromatic N) is 3. The third kappa shape index (κ3) is 3.31. The highest BCUT2D eigenvalue weighted by Crippen LogP contribution is 2.37. The molecule has 2 aromatic carbocycles. The molecule has 1 aliphatic rings. The maximum absolute atomic E-state index is 13.2. The lowest BCUT2D eigenvalue weighted by atomic mass is 10.00. The number of benzene rings is 2. The average Bonchev–Trinajstić information content (AvgIpc) is 2.78. The summed E-state index contributed by atoms with van der Waals surface area (Å²) >= 11 is 0. The Morgan fingerprint density at radius 1 is 1.07 bits per heavy atom. The van der Waals surface area contributed by atoms with E-state index in [1.165, 1.54) is 0 Å². The van der Waals surface area contributed by atoms with E-state index in [4.69, 9.17) is 4.74 Å². The Labute approximate surface area is 165 Å². The van der Waals surface area contributed by atoms with E-state index in [2.05, 4.69) is 11.1 Å². The average molecular weight is 373 g/mol. The van der Waals surface area contributed by atoms with Crippen molar-refractivity contribution in [1.29, 1.82) is 0 Å². The highest BCUT2D eigenvalue weighted by molar-refractivity contribution is 6.07. The van der Waals surface area contributed by atoms with Crippen LogP contribution in [0.4, 0.5) is 17.2 Å². The number of aryl methyl sites for hydroxylation is 1. The van der Waals surface area contributed by atoms with Crippen LogP contribution in [-0.4, -0.2) is 31.6 Å². The number of methoxy groups -OCH3 is 1. The smallest absolute Gasteiger partial charge is 0.259 e. The van der Waals surface area contributed by atoms with Crippen LogP contribution in [0, 0.1) is 0 Å². The van der Waals surface area contributed by atoms with Crippen LogP contribution in [0.3, 0.4) is 0 Å². The van der Waals surface area contributed by atoms with Crippen molar-refractivity contribution < 1.29 is 9.53 Å². The molecule has 0 N–H and O–H groups in total. The lowest BCUT2D eigenvalue weighted by molar-refractivity contribution is 0.0984. The summed E-state index contributed by atoms with van der Waals surface area (Å²) < 4.78 is 5.51. The summed E-state index contributed by atoms with van der Waals surface area (Å²) in [7, 11) is 3.60. The van der Waals surface area contributed by atoms with Gasteiger partial charge in [-0.1, -0.05) is 30.3 Å². The number of rotatable bonds is 4. The van der Waals surface area contributed by atoms with Gasteiger partial charge in [0.2, 0.25) is 0 Å². The third-order valence-electron chi connectivity index (χ3n) is 5.13. The summed E-state index contributed by atoms with van der Waals surface area (Å²) in [6, 6.07) is 19.7. The zero-order chi connectivity index (χ0) is 19.5. The molecule has 1 amide bonds. The van der Waals surface area contributed by atoms with Gasteiger partial charge in [-0.25, -0.2) is 4.98 Å². The quantitative estimate of drug-likeness (QED) is 0.678. The number of ether oxygens (including phenoxy) is 1. The van der Waals surface area contributed by atoms with Crippen molar-refractivity contribution in [2.45, 2.75) is 12.8 Å². The van der Waals surface area contributed by atoms with Crippen LogP contribution < -0.4 is 14.5 Å². The van der Waals surface area contributed by atoms with Crippen molar-refractivity contribution in [2.24, 2.45) is 0 Å². The van der Waals surface area contributed by atoms with Crippen molar-refractivity contribution >= 4 is 23.1 Å². The monoisotopic (exact) mass is 373 g/mol. The van der Waals surface area contributed by atoms with E-state index in [9.17, 15) is 4.79 Å². The summed E-state index contributed by atoms with van der Waals surface area (Å²) in [6.45, 7) is 0.678. The second-order valence-corrected chi connectivity index (χ2v) is 6.83. The number of carbonyl (C=O) groups excluding carboxylic acids is 1. The van der Waals surface area contributed by atoms with Gasteiger partial charge in [0, 0.05) is 25.5 Å². The molecule has 0 atom stereocenters. The predicted molar refractivity (Wildman–Crippen MR) is 112 cm³/mol. The number of hydrogen-bond acceptors (Lipinski definition) is 4. The number of fused-ring (bicyclic) bond motifs is 1. The zero-order valence-corrected chi connectivity index (χ0v) is 16.1. The molecule has 4 rings (SSSR count). The predicted octanol–water partition coefficient (Wildman–Crippen LogP) is 4.45. The first-order valence-corrected chi connectivity index (χ1v) is 9.41. The summed E-state index contributed by atoms with van der Waals surface area (Å²) in [5.41, 5.74) is 3.65. The van der Waals surface area contributed by atoms with Crippen molar-refractivity contribution in [1.82, 2.24) is 4.98 Å². The van der Waals surface area contributed by atoms with E-state index < -0.39 is 0 Å². The summed E-state index contributed by atoms with van der Waals surface area (Å²) in [6.07, 6.45) is 3.55. The van der Waals surface area contributed by atoms with E-state index in [0.29, 0.717) is 12.1 Å². The first kappa shape index (κ1) is 18.0. The Morgan fingerprint density at radius 3 is 2.61 bits per heavy atom. The Bertz CT molecular complexity index is 957. The second-order valence-electron chi connectivity index (χ2n) is 6.83. The van der Waals surface area contributed by atoms with Crippen LogP contribution >= 0.6 is 0 Å². The van der Waals surface area contributed by atoms with Crippen LogP contribution in [0.5, 0.6) is 5.75 Å². The van der Waals surface area contributed by atoms with Crippen molar-refractivity contribution in [3.8, 4) is 5.75 Å². The van der Waals surface area contributed by atoms with E-state index in [0.717, 1.165) is 41.3 Å². The number of pyridine rings is 1. The summed E-state index contributed by atoms with van der Waals surface area (Å²) in [5, 5.41) is 0. The van der Waals surface area contributed by atoms with Crippen molar-refractivity contribution in [2.75, 3.05) is 30.5 Å². The Balaban J connectivity index is 1.60. The lowest BCUT2D eigenvalue weighted by Gasteiger charge is -2.31. The Kier molecular flexibility index (Phi) is 4.98. The molecular formula is C23H23N3O2. The molecule has 0 saturated heterocycles. The molecule has 1 aromatic heterocycles. The standard InChI is InChI=1S/C23H23N3O2/c1-25(19-10-4-3-5-11-19)21-14-13-18(16-24-21)23(27)26-15-7-9-17-8-6-12-20(28-2)22(17)26/h3-6,8,10-14,16H,7,9,15H2,1-2H3. The molecule has 3 aromatic rings. The molecule has 2 heterocycles. The number of anilines is 3. The fourth-order valence-corrected chi connectivity index (χ4v) is 3.63. The molecule has 5 heteroatoms. The zero-order valence-electron chi connectivity index (χ0n) is 16.1. The maximum Gasteiger partial charge on any atom is 0.259 e. The summed E-state index contributed by atoms with van der Waals surface area (Å²) in [5.74, 6) is 1.48. The minimum absolute atomic E-state index is 0.0492. The molecule has 0 unspecified atom stereocenters. The van der Waals surface area contributed by atoms with Gasteiger partial charge >= 0.3 is 0 Å². The van der Waals surface area contributed by atoms with Crippen molar-refractivity contribution in [3.05, 3.63) is 78.0 Å². The van der Waals surface area contributed by atoms with Crippen LogP contribution in [-0.2, 0) is 6.42 Å². The molecule has 0 bridgehead atoms. The molecule has 28 heavy (non-hydrogen) atoms. The Morgan fingerprint density at radius 2 is 1.89 bits per heavy atom. The third-order valence-corrected chi connectivity index (χ3v) is 5.13. The lowest BCUT2D eigenvalue weighted by Crippen LogP contribution is -2.35. The first-order chi connectivity index (χ1) is 13.7. The van der Waals surface area contributed by atoms with Gasteiger partial charge in [0.25, 0.3) is 5.91 Å². The van der Waals surface area contributed by atoms with E-state index in [1.807, 2.05) is 71.4 Å². The molecule has 1 aliphatic heterocycles. The summed E-state index contributed by atoms with van der Waals surface area (Å²) in [4.78, 5) is 21.5. The van der Waals surface area contributed by atoms with Gasteiger partial charge in [-0.15, -0.1) is 0 Å². The van der Waals surface area contributed by atoms with Gasteiger partial charge in [0.1, 0.15) is 11.6 Å². The Hall–Kier alpha value is -3.34. The number of hydrogen-bond donors (Lipinski definition) is 0. The second kappa shape index (κ2) is 7.72. The topological polar surface area (TPSA) is 45.7 Å². The van der Waals surface area contributed by atoms with E-state index in [-0.39, 0.29) is 5.91 Å². The largest absolute Gasteiger partial charge is 0.495 e.